The Hall–Kier alpha value is -4.00. The molecule has 1 amide bonds. The maximum Gasteiger partial charge on any atom is 0.330 e. The van der Waals surface area contributed by atoms with Crippen molar-refractivity contribution < 1.29 is 23.4 Å². The number of nitrogens with zero attached hydrogens (tertiary/aromatic N) is 2. The smallest absolute Gasteiger partial charge is 0.330 e. The summed E-state index contributed by atoms with van der Waals surface area (Å²) in [5, 5.41) is 6.50. The molecular weight excluding hydrogens is 638 g/mol. The number of benzene rings is 3. The zero-order valence-electron chi connectivity index (χ0n) is 25.7. The number of carbonyl (C=O) groups excluding carboxylic acids is 1. The molecule has 5 rings (SSSR count). The van der Waals surface area contributed by atoms with Crippen molar-refractivity contribution in [2.75, 3.05) is 32.8 Å². The van der Waals surface area contributed by atoms with Gasteiger partial charge in [-0.1, -0.05) is 53.5 Å². The van der Waals surface area contributed by atoms with E-state index in [0.717, 1.165) is 15.6 Å². The van der Waals surface area contributed by atoms with Gasteiger partial charge < -0.3 is 29.4 Å². The third-order valence-electron chi connectivity index (χ3n) is 8.06. The van der Waals surface area contributed by atoms with E-state index in [4.69, 9.17) is 37.4 Å². The molecule has 4 aromatic rings. The quantitative estimate of drug-likeness (QED) is 0.257. The first-order valence-electron chi connectivity index (χ1n) is 14.4. The Morgan fingerprint density at radius 2 is 1.74 bits per heavy atom. The van der Waals surface area contributed by atoms with Crippen LogP contribution in [0.25, 0.3) is 22.3 Å². The Labute approximate surface area is 274 Å². The van der Waals surface area contributed by atoms with Crippen molar-refractivity contribution in [1.82, 2.24) is 14.5 Å². The van der Waals surface area contributed by atoms with Crippen LogP contribution in [0.3, 0.4) is 0 Å². The summed E-state index contributed by atoms with van der Waals surface area (Å²) in [4.78, 5) is 37.7. The highest BCUT2D eigenvalue weighted by molar-refractivity contribution is 6.39. The monoisotopic (exact) mass is 670 g/mol. The number of aryl methyl sites for hydroxylation is 1. The molecule has 13 heteroatoms. The first kappa shape index (κ1) is 33.4. The molecule has 3 aromatic carbocycles. The van der Waals surface area contributed by atoms with Crippen LogP contribution in [-0.2, 0) is 30.1 Å². The van der Waals surface area contributed by atoms with Crippen LogP contribution in [-0.4, -0.2) is 54.6 Å². The van der Waals surface area contributed by atoms with Gasteiger partial charge in [-0.2, -0.15) is 0 Å². The second kappa shape index (κ2) is 14.2. The second-order valence-corrected chi connectivity index (χ2v) is 11.6. The molecule has 2 N–H and O–H groups in total. The maximum atomic E-state index is 15.6. The Bertz CT molecular complexity index is 1910. The summed E-state index contributed by atoms with van der Waals surface area (Å²) in [5.74, 6) is -0.837. The van der Waals surface area contributed by atoms with Gasteiger partial charge in [0.25, 0.3) is 11.5 Å². The molecular formula is C33H33Cl2FN4O6. The van der Waals surface area contributed by atoms with Crippen LogP contribution < -0.4 is 26.6 Å². The summed E-state index contributed by atoms with van der Waals surface area (Å²) < 4.78 is 34.2. The van der Waals surface area contributed by atoms with Crippen molar-refractivity contribution in [3.8, 4) is 28.0 Å². The number of ether oxygens (including phenoxy) is 3. The van der Waals surface area contributed by atoms with Gasteiger partial charge in [0.1, 0.15) is 17.1 Å². The minimum absolute atomic E-state index is 0.00529. The van der Waals surface area contributed by atoms with Crippen LogP contribution in [0.5, 0.6) is 5.75 Å². The van der Waals surface area contributed by atoms with E-state index in [0.29, 0.717) is 51.8 Å². The lowest BCUT2D eigenvalue weighted by Gasteiger charge is -2.31. The van der Waals surface area contributed by atoms with Crippen LogP contribution in [0.4, 0.5) is 10.1 Å². The van der Waals surface area contributed by atoms with Gasteiger partial charge in [-0.3, -0.25) is 14.2 Å². The lowest BCUT2D eigenvalue weighted by atomic mass is 9.97. The van der Waals surface area contributed by atoms with Crippen molar-refractivity contribution in [2.45, 2.75) is 25.1 Å². The van der Waals surface area contributed by atoms with Gasteiger partial charge in [-0.15, -0.1) is 0 Å². The van der Waals surface area contributed by atoms with Crippen LogP contribution >= 0.6 is 23.2 Å². The second-order valence-electron chi connectivity index (χ2n) is 10.9. The first-order valence-corrected chi connectivity index (χ1v) is 15.2. The largest absolute Gasteiger partial charge is 0.496 e. The van der Waals surface area contributed by atoms with E-state index in [1.54, 1.807) is 49.6 Å². The molecule has 2 atom stereocenters. The van der Waals surface area contributed by atoms with E-state index >= 15 is 4.39 Å². The number of carbonyl (C=O) groups is 1. The molecule has 0 spiro atoms. The third-order valence-corrected chi connectivity index (χ3v) is 8.87. The van der Waals surface area contributed by atoms with E-state index in [1.807, 2.05) is 0 Å². The number of anilines is 1. The number of hydrogen-bond donors (Lipinski definition) is 2. The third kappa shape index (κ3) is 6.60. The van der Waals surface area contributed by atoms with Crippen molar-refractivity contribution >= 4 is 34.8 Å². The van der Waals surface area contributed by atoms with Gasteiger partial charge in [0.05, 0.1) is 35.6 Å². The minimum Gasteiger partial charge on any atom is -0.496 e. The Morgan fingerprint density at radius 1 is 1.04 bits per heavy atom. The topological polar surface area (TPSA) is 113 Å². The van der Waals surface area contributed by atoms with Crippen LogP contribution in [0.1, 0.15) is 22.3 Å². The Morgan fingerprint density at radius 3 is 2.46 bits per heavy atom. The van der Waals surface area contributed by atoms with E-state index in [1.165, 1.54) is 33.5 Å². The van der Waals surface area contributed by atoms with Crippen molar-refractivity contribution in [3.63, 3.8) is 0 Å². The van der Waals surface area contributed by atoms with E-state index < -0.39 is 23.0 Å². The molecule has 242 valence electrons. The summed E-state index contributed by atoms with van der Waals surface area (Å²) in [6.45, 7) is 1.29. The van der Waals surface area contributed by atoms with Gasteiger partial charge in [-0.25, -0.2) is 9.18 Å². The standard InChI is InChI=1S/C33H33Cl2FN4O6/c1-39-16-23(32(42)40(2)33(39)43)31(41)38-26-10-6-9-21(30(26)35)20-8-5-7-19(29(20)34)18-13-24(36)22(27(14-18)44-3)15-37-25-11-12-46-17-28(25)45-4/h5-10,13-14,16,25,28,37H,11-12,15,17H2,1-4H3,(H,38,41)/t25-,28+/m0/s1. The molecule has 0 bridgehead atoms. The molecule has 0 radical (unpaired) electrons. The number of hydrogen-bond acceptors (Lipinski definition) is 7. The number of aromatic nitrogens is 2. The fraction of sp³-hybridized carbons (Fsp3) is 0.303. The summed E-state index contributed by atoms with van der Waals surface area (Å²) in [6.07, 6.45) is 1.78. The predicted molar refractivity (Wildman–Crippen MR) is 176 cm³/mol. The molecule has 0 saturated carbocycles. The lowest BCUT2D eigenvalue weighted by molar-refractivity contribution is -0.0502. The van der Waals surface area contributed by atoms with Crippen molar-refractivity contribution in [2.24, 2.45) is 14.1 Å². The first-order chi connectivity index (χ1) is 22.0. The molecule has 1 aliphatic rings. The lowest BCUT2D eigenvalue weighted by Crippen LogP contribution is -2.47. The average molecular weight is 672 g/mol. The van der Waals surface area contributed by atoms with Crippen molar-refractivity contribution in [3.05, 3.63) is 103 Å². The number of halogens is 3. The molecule has 0 unspecified atom stereocenters. The molecule has 1 aromatic heterocycles. The maximum absolute atomic E-state index is 15.6. The normalized spacial score (nSPS) is 16.3. The molecule has 0 aliphatic carbocycles. The number of methoxy groups -OCH3 is 2. The van der Waals surface area contributed by atoms with Crippen molar-refractivity contribution in [1.29, 1.82) is 0 Å². The SMILES string of the molecule is COc1cc(-c2cccc(-c3cccc(NC(=O)c4cn(C)c(=O)n(C)c4=O)c3Cl)c2Cl)cc(F)c1CN[C@H]1CCOC[C@H]1OC. The Kier molecular flexibility index (Phi) is 10.3. The number of nitrogens with one attached hydrogen (secondary N) is 2. The zero-order chi connectivity index (χ0) is 33.1. The van der Waals surface area contributed by atoms with Gasteiger partial charge in [-0.05, 0) is 30.2 Å². The Balaban J connectivity index is 1.44. The molecule has 2 heterocycles. The summed E-state index contributed by atoms with van der Waals surface area (Å²) >= 11 is 13.7. The summed E-state index contributed by atoms with van der Waals surface area (Å²) in [7, 11) is 5.84. The summed E-state index contributed by atoms with van der Waals surface area (Å²) in [6, 6.07) is 13.4. The highest BCUT2D eigenvalue weighted by Gasteiger charge is 2.26. The van der Waals surface area contributed by atoms with Crippen LogP contribution in [0, 0.1) is 5.82 Å². The number of rotatable bonds is 9. The highest BCUT2D eigenvalue weighted by Crippen LogP contribution is 2.42. The average Bonchev–Trinajstić information content (AvgIpc) is 3.05. The highest BCUT2D eigenvalue weighted by atomic mass is 35.5. The van der Waals surface area contributed by atoms with Crippen LogP contribution in [0.15, 0.2) is 64.3 Å². The molecule has 1 saturated heterocycles. The van der Waals surface area contributed by atoms with E-state index in [2.05, 4.69) is 10.6 Å². The zero-order valence-corrected chi connectivity index (χ0v) is 27.2. The number of amides is 1. The van der Waals surface area contributed by atoms with Gasteiger partial charge in [0.2, 0.25) is 0 Å². The van der Waals surface area contributed by atoms with E-state index in [-0.39, 0.29) is 35.0 Å². The molecule has 1 aliphatic heterocycles. The van der Waals surface area contributed by atoms with Gasteiger partial charge in [0, 0.05) is 68.8 Å². The van der Waals surface area contributed by atoms with Gasteiger partial charge in [0.15, 0.2) is 0 Å². The molecule has 46 heavy (non-hydrogen) atoms. The molecule has 1 fully saturated rings. The van der Waals surface area contributed by atoms with Gasteiger partial charge >= 0.3 is 5.69 Å². The van der Waals surface area contributed by atoms with E-state index in [9.17, 15) is 14.4 Å². The molecule has 10 nitrogen and oxygen atoms in total. The fourth-order valence-electron chi connectivity index (χ4n) is 5.48. The van der Waals surface area contributed by atoms with Crippen LogP contribution in [0.2, 0.25) is 10.0 Å². The summed E-state index contributed by atoms with van der Waals surface area (Å²) in [5.41, 5.74) is 1.14. The minimum atomic E-state index is -0.740. The fourth-order valence-corrected chi connectivity index (χ4v) is 6.10. The predicted octanol–water partition coefficient (Wildman–Crippen LogP) is 5.02.